The maximum absolute atomic E-state index is 12.7. The van der Waals surface area contributed by atoms with Crippen LogP contribution >= 0.6 is 0 Å². The summed E-state index contributed by atoms with van der Waals surface area (Å²) in [7, 11) is 3.95. The molecule has 7 nitrogen and oxygen atoms in total. The smallest absolute Gasteiger partial charge is 0.270 e. The standard InChI is InChI=1S/C19H20N6O/c1-24(2)18-13-8-11-25(19(26)15-7-5-10-21-15)12-16(13)22-17(23-18)14-6-3-4-9-20-14/h3-7,9-10,21H,8,11-12H2,1-2H3. The van der Waals surface area contributed by atoms with Crippen LogP contribution in [0.4, 0.5) is 5.82 Å². The van der Waals surface area contributed by atoms with E-state index in [4.69, 9.17) is 9.97 Å². The number of aromatic nitrogens is 4. The van der Waals surface area contributed by atoms with Crippen molar-refractivity contribution in [2.45, 2.75) is 13.0 Å². The molecule has 4 rings (SSSR count). The van der Waals surface area contributed by atoms with E-state index in [2.05, 4.69) is 9.97 Å². The lowest BCUT2D eigenvalue weighted by Crippen LogP contribution is -2.37. The van der Waals surface area contributed by atoms with E-state index < -0.39 is 0 Å². The van der Waals surface area contributed by atoms with Crippen molar-refractivity contribution in [1.82, 2.24) is 24.8 Å². The Kier molecular flexibility index (Phi) is 4.12. The van der Waals surface area contributed by atoms with Gasteiger partial charge in [0.15, 0.2) is 5.82 Å². The normalized spacial score (nSPS) is 13.4. The summed E-state index contributed by atoms with van der Waals surface area (Å²) in [5.41, 5.74) is 3.31. The Morgan fingerprint density at radius 3 is 2.77 bits per heavy atom. The van der Waals surface area contributed by atoms with Crippen LogP contribution in [0.2, 0.25) is 0 Å². The highest BCUT2D eigenvalue weighted by atomic mass is 16.2. The molecule has 0 saturated carbocycles. The average molecular weight is 348 g/mol. The molecule has 0 radical (unpaired) electrons. The maximum Gasteiger partial charge on any atom is 0.270 e. The molecule has 1 amide bonds. The van der Waals surface area contributed by atoms with Crippen LogP contribution < -0.4 is 4.90 Å². The van der Waals surface area contributed by atoms with Gasteiger partial charge in [-0.05, 0) is 30.7 Å². The van der Waals surface area contributed by atoms with Crippen LogP contribution in [0.3, 0.4) is 0 Å². The molecule has 4 heterocycles. The molecule has 3 aromatic rings. The van der Waals surface area contributed by atoms with Gasteiger partial charge in [-0.1, -0.05) is 6.07 Å². The highest BCUT2D eigenvalue weighted by Crippen LogP contribution is 2.28. The second kappa shape index (κ2) is 6.59. The molecule has 0 bridgehead atoms. The molecule has 26 heavy (non-hydrogen) atoms. The zero-order valence-corrected chi connectivity index (χ0v) is 14.8. The number of carbonyl (C=O) groups excluding carboxylic acids is 1. The second-order valence-corrected chi connectivity index (χ2v) is 6.47. The molecule has 0 atom stereocenters. The molecule has 1 aliphatic heterocycles. The first kappa shape index (κ1) is 16.3. The van der Waals surface area contributed by atoms with Gasteiger partial charge >= 0.3 is 0 Å². The van der Waals surface area contributed by atoms with Crippen molar-refractivity contribution in [2.75, 3.05) is 25.5 Å². The van der Waals surface area contributed by atoms with Crippen LogP contribution in [0, 0.1) is 0 Å². The highest BCUT2D eigenvalue weighted by molar-refractivity contribution is 5.92. The molecule has 0 fully saturated rings. The lowest BCUT2D eigenvalue weighted by molar-refractivity contribution is 0.0726. The van der Waals surface area contributed by atoms with Gasteiger partial charge in [0.25, 0.3) is 5.91 Å². The number of nitrogens with one attached hydrogen (secondary N) is 1. The number of anilines is 1. The third-order valence-electron chi connectivity index (χ3n) is 4.48. The summed E-state index contributed by atoms with van der Waals surface area (Å²) >= 11 is 0. The van der Waals surface area contributed by atoms with E-state index in [1.807, 2.05) is 48.2 Å². The number of aromatic amines is 1. The Morgan fingerprint density at radius 1 is 1.19 bits per heavy atom. The first-order chi connectivity index (χ1) is 12.6. The number of amides is 1. The van der Waals surface area contributed by atoms with Gasteiger partial charge in [-0.3, -0.25) is 9.78 Å². The molecule has 0 aromatic carbocycles. The Morgan fingerprint density at radius 2 is 2.08 bits per heavy atom. The van der Waals surface area contributed by atoms with Crippen molar-refractivity contribution >= 4 is 11.7 Å². The maximum atomic E-state index is 12.7. The molecular formula is C19H20N6O. The zero-order chi connectivity index (χ0) is 18.1. The van der Waals surface area contributed by atoms with Crippen molar-refractivity contribution < 1.29 is 4.79 Å². The second-order valence-electron chi connectivity index (χ2n) is 6.47. The summed E-state index contributed by atoms with van der Waals surface area (Å²) in [6.07, 6.45) is 4.23. The molecule has 0 spiro atoms. The Balaban J connectivity index is 1.73. The Bertz CT molecular complexity index is 921. The summed E-state index contributed by atoms with van der Waals surface area (Å²) in [6, 6.07) is 9.30. The van der Waals surface area contributed by atoms with Crippen LogP contribution in [0.5, 0.6) is 0 Å². The minimum atomic E-state index is -0.00921. The number of nitrogens with zero attached hydrogens (tertiary/aromatic N) is 5. The number of pyridine rings is 1. The van der Waals surface area contributed by atoms with Gasteiger partial charge in [-0.2, -0.15) is 0 Å². The molecule has 1 N–H and O–H groups in total. The monoisotopic (exact) mass is 348 g/mol. The number of H-pyrrole nitrogens is 1. The van der Waals surface area contributed by atoms with E-state index in [9.17, 15) is 4.79 Å². The van der Waals surface area contributed by atoms with Crippen LogP contribution in [0.1, 0.15) is 21.7 Å². The average Bonchev–Trinajstić information content (AvgIpc) is 3.21. The summed E-state index contributed by atoms with van der Waals surface area (Å²) < 4.78 is 0. The summed E-state index contributed by atoms with van der Waals surface area (Å²) in [5, 5.41) is 0. The predicted octanol–water partition coefficient (Wildman–Crippen LogP) is 2.13. The summed E-state index contributed by atoms with van der Waals surface area (Å²) in [4.78, 5) is 33.3. The van der Waals surface area contributed by atoms with Gasteiger partial charge < -0.3 is 14.8 Å². The molecule has 132 valence electrons. The SMILES string of the molecule is CN(C)c1nc(-c2ccccn2)nc2c1CCN(C(=O)c1ccc[nH]1)C2. The lowest BCUT2D eigenvalue weighted by Gasteiger charge is -2.30. The molecule has 0 unspecified atom stereocenters. The number of carbonyl (C=O) groups is 1. The van der Waals surface area contributed by atoms with Crippen LogP contribution in [-0.2, 0) is 13.0 Å². The van der Waals surface area contributed by atoms with Gasteiger partial charge in [-0.15, -0.1) is 0 Å². The quantitative estimate of drug-likeness (QED) is 0.784. The van der Waals surface area contributed by atoms with Gasteiger partial charge in [-0.25, -0.2) is 9.97 Å². The fourth-order valence-electron chi connectivity index (χ4n) is 3.20. The fraction of sp³-hybridized carbons (Fsp3) is 0.263. The van der Waals surface area contributed by atoms with Crippen LogP contribution in [0.25, 0.3) is 11.5 Å². The predicted molar refractivity (Wildman–Crippen MR) is 98.8 cm³/mol. The minimum absolute atomic E-state index is 0.00921. The van der Waals surface area contributed by atoms with E-state index in [1.54, 1.807) is 18.5 Å². The largest absolute Gasteiger partial charge is 0.362 e. The summed E-state index contributed by atoms with van der Waals surface area (Å²) in [6.45, 7) is 1.12. The number of fused-ring (bicyclic) bond motifs is 1. The molecule has 1 aliphatic rings. The van der Waals surface area contributed by atoms with Crippen molar-refractivity contribution in [3.8, 4) is 11.5 Å². The summed E-state index contributed by atoms with van der Waals surface area (Å²) in [5.74, 6) is 1.47. The van der Waals surface area contributed by atoms with Crippen molar-refractivity contribution in [2.24, 2.45) is 0 Å². The first-order valence-electron chi connectivity index (χ1n) is 8.54. The van der Waals surface area contributed by atoms with E-state index in [0.717, 1.165) is 29.2 Å². The fourth-order valence-corrected chi connectivity index (χ4v) is 3.20. The molecule has 3 aromatic heterocycles. The highest BCUT2D eigenvalue weighted by Gasteiger charge is 2.27. The third-order valence-corrected chi connectivity index (χ3v) is 4.48. The van der Waals surface area contributed by atoms with Gasteiger partial charge in [0.1, 0.15) is 17.2 Å². The molecule has 0 saturated heterocycles. The van der Waals surface area contributed by atoms with E-state index >= 15 is 0 Å². The van der Waals surface area contributed by atoms with Crippen molar-refractivity contribution in [1.29, 1.82) is 0 Å². The van der Waals surface area contributed by atoms with E-state index in [1.165, 1.54) is 0 Å². The van der Waals surface area contributed by atoms with Crippen LogP contribution in [0.15, 0.2) is 42.7 Å². The van der Waals surface area contributed by atoms with Gasteiger partial charge in [0.05, 0.1) is 12.2 Å². The van der Waals surface area contributed by atoms with Crippen LogP contribution in [-0.4, -0.2) is 51.4 Å². The number of rotatable bonds is 3. The van der Waals surface area contributed by atoms with E-state index in [0.29, 0.717) is 24.6 Å². The van der Waals surface area contributed by atoms with Gasteiger partial charge in [0, 0.05) is 38.6 Å². The topological polar surface area (TPSA) is 78.0 Å². The van der Waals surface area contributed by atoms with E-state index in [-0.39, 0.29) is 5.91 Å². The first-order valence-corrected chi connectivity index (χ1v) is 8.54. The van der Waals surface area contributed by atoms with Crippen molar-refractivity contribution in [3.05, 3.63) is 59.7 Å². The zero-order valence-electron chi connectivity index (χ0n) is 14.8. The number of hydrogen-bond donors (Lipinski definition) is 1. The van der Waals surface area contributed by atoms with Crippen molar-refractivity contribution in [3.63, 3.8) is 0 Å². The Hall–Kier alpha value is -3.22. The van der Waals surface area contributed by atoms with Gasteiger partial charge in [0.2, 0.25) is 0 Å². The lowest BCUT2D eigenvalue weighted by atomic mass is 10.0. The Labute approximate surface area is 151 Å². The molecule has 7 heteroatoms. The molecular weight excluding hydrogens is 328 g/mol. The molecule has 0 aliphatic carbocycles. The minimum Gasteiger partial charge on any atom is -0.362 e. The third kappa shape index (κ3) is 2.92. The number of hydrogen-bond acceptors (Lipinski definition) is 5.